The van der Waals surface area contributed by atoms with Crippen LogP contribution in [0.1, 0.15) is 12.5 Å². The van der Waals surface area contributed by atoms with Crippen molar-refractivity contribution in [2.45, 2.75) is 13.5 Å². The van der Waals surface area contributed by atoms with Gasteiger partial charge in [-0.2, -0.15) is 17.0 Å². The van der Waals surface area contributed by atoms with Crippen molar-refractivity contribution in [3.05, 3.63) is 29.8 Å². The van der Waals surface area contributed by atoms with E-state index in [1.165, 1.54) is 22.7 Å². The molecule has 0 fully saturated rings. The molecule has 0 saturated carbocycles. The van der Waals surface area contributed by atoms with Crippen LogP contribution in [0.4, 0.5) is 0 Å². The highest BCUT2D eigenvalue weighted by Gasteiger charge is 2.20. The summed E-state index contributed by atoms with van der Waals surface area (Å²) in [7, 11) is 1.24. The Labute approximate surface area is 109 Å². The van der Waals surface area contributed by atoms with E-state index in [4.69, 9.17) is 4.74 Å². The average Bonchev–Trinajstić information content (AvgIpc) is 2.31. The Morgan fingerprint density at radius 1 is 1.11 bits per heavy atom. The molecule has 0 bridgehead atoms. The normalized spacial score (nSPS) is 12.1. The molecule has 0 saturated heterocycles. The van der Waals surface area contributed by atoms with Crippen LogP contribution in [0.15, 0.2) is 24.3 Å². The van der Waals surface area contributed by atoms with Crippen molar-refractivity contribution in [2.75, 3.05) is 27.7 Å². The van der Waals surface area contributed by atoms with E-state index in [-0.39, 0.29) is 0 Å². The van der Waals surface area contributed by atoms with E-state index in [2.05, 4.69) is 0 Å². The minimum absolute atomic E-state index is 0.340. The Bertz CT molecular complexity index is 469. The number of hydrogen-bond donors (Lipinski definition) is 0. The monoisotopic (exact) mass is 272 g/mol. The third-order valence-electron chi connectivity index (χ3n) is 2.49. The number of benzene rings is 1. The summed E-state index contributed by atoms with van der Waals surface area (Å²) in [6, 6.07) is 7.42. The molecule has 0 aliphatic carbocycles. The summed E-state index contributed by atoms with van der Waals surface area (Å²) in [5.41, 5.74) is 0.923. The molecule has 18 heavy (non-hydrogen) atoms. The van der Waals surface area contributed by atoms with Crippen LogP contribution in [0.3, 0.4) is 0 Å². The molecule has 0 heterocycles. The number of rotatable bonds is 6. The summed E-state index contributed by atoms with van der Waals surface area (Å²) < 4.78 is 31.5. The van der Waals surface area contributed by atoms with E-state index in [1.54, 1.807) is 7.05 Å². The van der Waals surface area contributed by atoms with E-state index in [0.717, 1.165) is 11.3 Å². The fourth-order valence-corrected chi connectivity index (χ4v) is 2.34. The first-order chi connectivity index (χ1) is 8.37. The molecule has 1 aromatic rings. The predicted octanol–water partition coefficient (Wildman–Crippen LogP) is 1.32. The summed E-state index contributed by atoms with van der Waals surface area (Å²) >= 11 is 0. The molecule has 5 nitrogen and oxygen atoms in total. The van der Waals surface area contributed by atoms with Crippen LogP contribution in [0, 0.1) is 0 Å². The summed E-state index contributed by atoms with van der Waals surface area (Å²) in [5.74, 6) is 0.791. The van der Waals surface area contributed by atoms with Crippen LogP contribution in [-0.4, -0.2) is 44.8 Å². The Morgan fingerprint density at radius 3 is 2.11 bits per heavy atom. The maximum Gasteiger partial charge on any atom is 0.281 e. The smallest absolute Gasteiger partial charge is 0.281 e. The zero-order chi connectivity index (χ0) is 13.8. The van der Waals surface area contributed by atoms with Crippen LogP contribution in [-0.2, 0) is 16.8 Å². The molecular formula is C12H20N2O3S. The zero-order valence-corrected chi connectivity index (χ0v) is 12.1. The van der Waals surface area contributed by atoms with Gasteiger partial charge in [-0.1, -0.05) is 12.1 Å². The van der Waals surface area contributed by atoms with Crippen molar-refractivity contribution in [3.8, 4) is 5.75 Å². The predicted molar refractivity (Wildman–Crippen MR) is 71.7 cm³/mol. The molecule has 102 valence electrons. The number of nitrogens with zero attached hydrogens (tertiary/aromatic N) is 2. The highest BCUT2D eigenvalue weighted by molar-refractivity contribution is 7.86. The number of ether oxygens (including phenoxy) is 1. The van der Waals surface area contributed by atoms with Gasteiger partial charge in [-0.3, -0.25) is 0 Å². The second-order valence-corrected chi connectivity index (χ2v) is 6.37. The molecule has 0 amide bonds. The van der Waals surface area contributed by atoms with Crippen molar-refractivity contribution in [1.29, 1.82) is 0 Å². The minimum Gasteiger partial charge on any atom is -0.494 e. The Morgan fingerprint density at radius 2 is 1.67 bits per heavy atom. The summed E-state index contributed by atoms with van der Waals surface area (Å²) in [6.07, 6.45) is 0. The van der Waals surface area contributed by atoms with Crippen LogP contribution >= 0.6 is 0 Å². The molecule has 6 heteroatoms. The molecule has 0 unspecified atom stereocenters. The average molecular weight is 272 g/mol. The standard InChI is InChI=1S/C12H20N2O3S/c1-5-17-12-8-6-11(7-9-12)10-14(4)18(15,16)13(2)3/h6-9H,5,10H2,1-4H3. The van der Waals surface area contributed by atoms with Gasteiger partial charge in [-0.15, -0.1) is 0 Å². The largest absolute Gasteiger partial charge is 0.494 e. The SMILES string of the molecule is CCOc1ccc(CN(C)S(=O)(=O)N(C)C)cc1. The third-order valence-corrected chi connectivity index (χ3v) is 4.33. The van der Waals surface area contributed by atoms with E-state index >= 15 is 0 Å². The van der Waals surface area contributed by atoms with Crippen LogP contribution < -0.4 is 4.74 Å². The zero-order valence-electron chi connectivity index (χ0n) is 11.3. The van der Waals surface area contributed by atoms with Gasteiger partial charge < -0.3 is 4.74 Å². The summed E-state index contributed by atoms with van der Waals surface area (Å²) in [4.78, 5) is 0. The van der Waals surface area contributed by atoms with Gasteiger partial charge in [-0.25, -0.2) is 0 Å². The molecular weight excluding hydrogens is 252 g/mol. The van der Waals surface area contributed by atoms with Gasteiger partial charge in [0.15, 0.2) is 0 Å². The molecule has 1 aromatic carbocycles. The van der Waals surface area contributed by atoms with E-state index in [0.29, 0.717) is 13.2 Å². The fraction of sp³-hybridized carbons (Fsp3) is 0.500. The van der Waals surface area contributed by atoms with Crippen molar-refractivity contribution in [2.24, 2.45) is 0 Å². The lowest BCUT2D eigenvalue weighted by Gasteiger charge is -2.21. The maximum atomic E-state index is 11.8. The Kier molecular flexibility index (Phi) is 5.13. The topological polar surface area (TPSA) is 49.9 Å². The molecule has 0 N–H and O–H groups in total. The van der Waals surface area contributed by atoms with Crippen molar-refractivity contribution < 1.29 is 13.2 Å². The highest BCUT2D eigenvalue weighted by Crippen LogP contribution is 2.14. The van der Waals surface area contributed by atoms with Gasteiger partial charge in [0.25, 0.3) is 10.2 Å². The van der Waals surface area contributed by atoms with E-state index in [9.17, 15) is 8.42 Å². The molecule has 0 aromatic heterocycles. The van der Waals surface area contributed by atoms with Crippen LogP contribution in [0.5, 0.6) is 5.75 Å². The molecule has 0 radical (unpaired) electrons. The number of hydrogen-bond acceptors (Lipinski definition) is 3. The first-order valence-electron chi connectivity index (χ1n) is 5.73. The van der Waals surface area contributed by atoms with Gasteiger partial charge in [-0.05, 0) is 24.6 Å². The lowest BCUT2D eigenvalue weighted by molar-refractivity contribution is 0.340. The second-order valence-electron chi connectivity index (χ2n) is 4.12. The molecule has 0 aliphatic heterocycles. The van der Waals surface area contributed by atoms with Gasteiger partial charge in [0.1, 0.15) is 5.75 Å². The van der Waals surface area contributed by atoms with Gasteiger partial charge >= 0.3 is 0 Å². The molecule has 1 rings (SSSR count). The lowest BCUT2D eigenvalue weighted by atomic mass is 10.2. The highest BCUT2D eigenvalue weighted by atomic mass is 32.2. The third kappa shape index (κ3) is 3.69. The van der Waals surface area contributed by atoms with Crippen LogP contribution in [0.2, 0.25) is 0 Å². The molecule has 0 atom stereocenters. The Balaban J connectivity index is 2.73. The Hall–Kier alpha value is -1.11. The van der Waals surface area contributed by atoms with Gasteiger partial charge in [0.2, 0.25) is 0 Å². The second kappa shape index (κ2) is 6.17. The first kappa shape index (κ1) is 14.9. The van der Waals surface area contributed by atoms with Crippen molar-refractivity contribution in [1.82, 2.24) is 8.61 Å². The first-order valence-corrected chi connectivity index (χ1v) is 7.13. The maximum absolute atomic E-state index is 11.8. The van der Waals surface area contributed by atoms with Crippen molar-refractivity contribution in [3.63, 3.8) is 0 Å². The van der Waals surface area contributed by atoms with E-state index < -0.39 is 10.2 Å². The lowest BCUT2D eigenvalue weighted by Crippen LogP contribution is -2.36. The summed E-state index contributed by atoms with van der Waals surface area (Å²) in [5, 5.41) is 0. The fourth-order valence-electron chi connectivity index (χ4n) is 1.48. The minimum atomic E-state index is -3.36. The molecule has 0 spiro atoms. The van der Waals surface area contributed by atoms with Crippen LogP contribution in [0.25, 0.3) is 0 Å². The van der Waals surface area contributed by atoms with Gasteiger partial charge in [0.05, 0.1) is 6.61 Å². The van der Waals surface area contributed by atoms with Gasteiger partial charge in [0, 0.05) is 27.7 Å². The van der Waals surface area contributed by atoms with E-state index in [1.807, 2.05) is 31.2 Å². The molecule has 0 aliphatic rings. The quantitative estimate of drug-likeness (QED) is 0.785. The van der Waals surface area contributed by atoms with Crippen molar-refractivity contribution >= 4 is 10.2 Å². The summed E-state index contributed by atoms with van der Waals surface area (Å²) in [6.45, 7) is 2.88.